The van der Waals surface area contributed by atoms with E-state index in [1.165, 1.54) is 21.9 Å². The first-order valence-electron chi connectivity index (χ1n) is 6.03. The number of nitrogens with zero attached hydrogens (tertiary/aromatic N) is 3. The summed E-state index contributed by atoms with van der Waals surface area (Å²) in [5.74, 6) is -1.24. The first kappa shape index (κ1) is 13.3. The van der Waals surface area contributed by atoms with E-state index in [1.807, 2.05) is 0 Å². The van der Waals surface area contributed by atoms with Crippen molar-refractivity contribution < 1.29 is 9.90 Å². The van der Waals surface area contributed by atoms with Crippen LogP contribution in [-0.2, 0) is 6.54 Å². The first-order valence-corrected chi connectivity index (χ1v) is 6.90. The summed E-state index contributed by atoms with van der Waals surface area (Å²) in [6.07, 6.45) is 4.73. The van der Waals surface area contributed by atoms with Gasteiger partial charge in [0.05, 0.1) is 0 Å². The lowest BCUT2D eigenvalue weighted by atomic mass is 10.2. The highest BCUT2D eigenvalue weighted by molar-refractivity contribution is 7.15. The number of carbonyl (C=O) groups is 1. The van der Waals surface area contributed by atoms with Crippen LogP contribution >= 0.6 is 11.3 Å². The summed E-state index contributed by atoms with van der Waals surface area (Å²) in [6.45, 7) is 0.206. The molecule has 0 saturated carbocycles. The van der Waals surface area contributed by atoms with Crippen LogP contribution < -0.4 is 10.9 Å². The molecule has 106 valence electrons. The molecule has 7 nitrogen and oxygen atoms in total. The molecule has 0 radical (unpaired) electrons. The number of hydrogen-bond acceptors (Lipinski definition) is 6. The van der Waals surface area contributed by atoms with E-state index in [-0.39, 0.29) is 12.1 Å². The molecule has 2 N–H and O–H groups in total. The molecular weight excluding hydrogens is 292 g/mol. The Morgan fingerprint density at radius 2 is 2.33 bits per heavy atom. The highest BCUT2D eigenvalue weighted by Crippen LogP contribution is 2.14. The van der Waals surface area contributed by atoms with Crippen LogP contribution in [0.3, 0.4) is 0 Å². The standard InChI is InChI=1S/C13H10N4O3S/c18-10(15-7-8-2-1-3-14-6-8)9-11(19)16-13-17(12(9)20)4-5-21-13/h1-6,19H,7H2,(H,15,18). The average Bonchev–Trinajstić information content (AvgIpc) is 2.94. The molecule has 3 aromatic rings. The predicted octanol–water partition coefficient (Wildman–Crippen LogP) is 0.787. The second kappa shape index (κ2) is 5.33. The third-order valence-corrected chi connectivity index (χ3v) is 3.61. The Balaban J connectivity index is 1.89. The van der Waals surface area contributed by atoms with Gasteiger partial charge in [0.2, 0.25) is 5.88 Å². The van der Waals surface area contributed by atoms with Crippen molar-refractivity contribution in [3.05, 3.63) is 57.6 Å². The van der Waals surface area contributed by atoms with E-state index < -0.39 is 17.3 Å². The molecule has 3 heterocycles. The molecule has 0 aromatic carbocycles. The molecule has 21 heavy (non-hydrogen) atoms. The minimum Gasteiger partial charge on any atom is -0.492 e. The second-order valence-corrected chi connectivity index (χ2v) is 5.09. The lowest BCUT2D eigenvalue weighted by Crippen LogP contribution is -2.31. The molecule has 0 aliphatic rings. The maximum absolute atomic E-state index is 12.2. The van der Waals surface area contributed by atoms with Gasteiger partial charge in [-0.3, -0.25) is 19.0 Å². The summed E-state index contributed by atoms with van der Waals surface area (Å²) < 4.78 is 1.23. The normalized spacial score (nSPS) is 10.7. The van der Waals surface area contributed by atoms with Gasteiger partial charge >= 0.3 is 0 Å². The van der Waals surface area contributed by atoms with E-state index in [0.29, 0.717) is 4.96 Å². The molecule has 0 spiro atoms. The van der Waals surface area contributed by atoms with Crippen LogP contribution in [0.15, 0.2) is 40.9 Å². The average molecular weight is 302 g/mol. The van der Waals surface area contributed by atoms with Crippen molar-refractivity contribution in [3.63, 3.8) is 0 Å². The molecule has 1 amide bonds. The van der Waals surface area contributed by atoms with Gasteiger partial charge in [0.1, 0.15) is 0 Å². The lowest BCUT2D eigenvalue weighted by Gasteiger charge is -2.06. The zero-order valence-electron chi connectivity index (χ0n) is 10.7. The summed E-state index contributed by atoms with van der Waals surface area (Å²) in [5.41, 5.74) is -0.174. The van der Waals surface area contributed by atoms with E-state index >= 15 is 0 Å². The van der Waals surface area contributed by atoms with Crippen molar-refractivity contribution in [2.24, 2.45) is 0 Å². The van der Waals surface area contributed by atoms with Gasteiger partial charge in [0.25, 0.3) is 11.5 Å². The summed E-state index contributed by atoms with van der Waals surface area (Å²) in [4.78, 5) is 32.3. The third kappa shape index (κ3) is 2.48. The van der Waals surface area contributed by atoms with Gasteiger partial charge in [-0.15, -0.1) is 11.3 Å². The van der Waals surface area contributed by atoms with Crippen molar-refractivity contribution in [2.75, 3.05) is 0 Å². The van der Waals surface area contributed by atoms with Crippen molar-refractivity contribution in [1.29, 1.82) is 0 Å². The van der Waals surface area contributed by atoms with Gasteiger partial charge in [0.15, 0.2) is 10.5 Å². The highest BCUT2D eigenvalue weighted by atomic mass is 32.1. The monoisotopic (exact) mass is 302 g/mol. The van der Waals surface area contributed by atoms with Crippen LogP contribution in [0.2, 0.25) is 0 Å². The van der Waals surface area contributed by atoms with E-state index in [1.54, 1.807) is 29.9 Å². The topological polar surface area (TPSA) is 96.6 Å². The lowest BCUT2D eigenvalue weighted by molar-refractivity contribution is 0.0945. The molecule has 0 atom stereocenters. The molecule has 0 fully saturated rings. The van der Waals surface area contributed by atoms with Crippen molar-refractivity contribution in [1.82, 2.24) is 19.7 Å². The number of aromatic nitrogens is 3. The minimum atomic E-state index is -0.672. The van der Waals surface area contributed by atoms with Crippen LogP contribution in [0.4, 0.5) is 0 Å². The Labute approximate surface area is 122 Å². The first-order chi connectivity index (χ1) is 10.2. The molecule has 8 heteroatoms. The zero-order chi connectivity index (χ0) is 14.8. The fourth-order valence-corrected chi connectivity index (χ4v) is 2.54. The fourth-order valence-electron chi connectivity index (χ4n) is 1.84. The van der Waals surface area contributed by atoms with Gasteiger partial charge < -0.3 is 10.4 Å². The van der Waals surface area contributed by atoms with Gasteiger partial charge in [-0.1, -0.05) is 6.07 Å². The molecule has 0 bridgehead atoms. The van der Waals surface area contributed by atoms with Crippen LogP contribution in [0.5, 0.6) is 5.88 Å². The summed E-state index contributed by atoms with van der Waals surface area (Å²) in [5, 5.41) is 14.0. The molecule has 0 aliphatic carbocycles. The summed E-state index contributed by atoms with van der Waals surface area (Å²) in [6, 6.07) is 3.53. The molecule has 0 saturated heterocycles. The molecule has 3 aromatic heterocycles. The zero-order valence-corrected chi connectivity index (χ0v) is 11.5. The number of thiazole rings is 1. The van der Waals surface area contributed by atoms with Crippen molar-refractivity contribution in [3.8, 4) is 5.88 Å². The van der Waals surface area contributed by atoms with Crippen molar-refractivity contribution >= 4 is 22.2 Å². The highest BCUT2D eigenvalue weighted by Gasteiger charge is 2.19. The Bertz CT molecular complexity index is 857. The molecule has 3 rings (SSSR count). The van der Waals surface area contributed by atoms with Gasteiger partial charge in [-0.05, 0) is 11.6 Å². The number of nitrogens with one attached hydrogen (secondary N) is 1. The summed E-state index contributed by atoms with van der Waals surface area (Å²) >= 11 is 1.20. The number of pyridine rings is 1. The SMILES string of the molecule is O=C(NCc1cccnc1)c1c(O)nc2sccn2c1=O. The van der Waals surface area contributed by atoms with E-state index in [4.69, 9.17) is 0 Å². The number of rotatable bonds is 3. The van der Waals surface area contributed by atoms with E-state index in [2.05, 4.69) is 15.3 Å². The maximum Gasteiger partial charge on any atom is 0.275 e. The fraction of sp³-hybridized carbons (Fsp3) is 0.0769. The Morgan fingerprint density at radius 1 is 1.48 bits per heavy atom. The van der Waals surface area contributed by atoms with Gasteiger partial charge in [0, 0.05) is 30.5 Å². The Hall–Kier alpha value is -2.74. The predicted molar refractivity (Wildman–Crippen MR) is 76.4 cm³/mol. The van der Waals surface area contributed by atoms with Crippen LogP contribution in [-0.4, -0.2) is 25.4 Å². The minimum absolute atomic E-state index is 0.206. The molecular formula is C13H10N4O3S. The van der Waals surface area contributed by atoms with Gasteiger partial charge in [-0.2, -0.15) is 4.98 Å². The van der Waals surface area contributed by atoms with E-state index in [0.717, 1.165) is 5.56 Å². The Morgan fingerprint density at radius 3 is 3.10 bits per heavy atom. The second-order valence-electron chi connectivity index (χ2n) is 4.22. The van der Waals surface area contributed by atoms with Crippen molar-refractivity contribution in [2.45, 2.75) is 6.54 Å². The van der Waals surface area contributed by atoms with E-state index in [9.17, 15) is 14.7 Å². The number of fused-ring (bicyclic) bond motifs is 1. The smallest absolute Gasteiger partial charge is 0.275 e. The quantitative estimate of drug-likeness (QED) is 0.745. The summed E-state index contributed by atoms with van der Waals surface area (Å²) in [7, 11) is 0. The maximum atomic E-state index is 12.2. The Kier molecular flexibility index (Phi) is 3.36. The molecule has 0 aliphatic heterocycles. The van der Waals surface area contributed by atoms with Crippen LogP contribution in [0.25, 0.3) is 4.96 Å². The number of carbonyl (C=O) groups excluding carboxylic acids is 1. The third-order valence-electron chi connectivity index (χ3n) is 2.85. The van der Waals surface area contributed by atoms with Crippen LogP contribution in [0, 0.1) is 0 Å². The number of hydrogen-bond donors (Lipinski definition) is 2. The molecule has 0 unspecified atom stereocenters. The number of amides is 1. The number of aromatic hydroxyl groups is 1. The van der Waals surface area contributed by atoms with Crippen LogP contribution in [0.1, 0.15) is 15.9 Å². The largest absolute Gasteiger partial charge is 0.492 e. The van der Waals surface area contributed by atoms with Gasteiger partial charge in [-0.25, -0.2) is 0 Å².